The largest absolute Gasteiger partial charge is 0.504 e. The molecule has 0 aliphatic heterocycles. The van der Waals surface area contributed by atoms with Crippen molar-refractivity contribution >= 4 is 6.21 Å². The van der Waals surface area contributed by atoms with E-state index < -0.39 is 0 Å². The lowest BCUT2D eigenvalue weighted by molar-refractivity contribution is 0.322. The summed E-state index contributed by atoms with van der Waals surface area (Å²) in [5.74, 6) is 0.417. The molecule has 1 aromatic carbocycles. The highest BCUT2D eigenvalue weighted by Crippen LogP contribution is 2.25. The van der Waals surface area contributed by atoms with E-state index in [1.54, 1.807) is 12.1 Å². The first-order chi connectivity index (χ1) is 5.77. The van der Waals surface area contributed by atoms with Crippen LogP contribution >= 0.6 is 0 Å². The summed E-state index contributed by atoms with van der Waals surface area (Å²) >= 11 is 0. The quantitative estimate of drug-likeness (QED) is 0.395. The van der Waals surface area contributed by atoms with Crippen molar-refractivity contribution in [3.05, 3.63) is 23.8 Å². The summed E-state index contributed by atoms with van der Waals surface area (Å²) in [5, 5.41) is 20.2. The van der Waals surface area contributed by atoms with Crippen LogP contribution in [0, 0.1) is 0 Å². The first-order valence-corrected chi connectivity index (χ1v) is 3.32. The third kappa shape index (κ3) is 1.66. The standard InChI is InChI=1S/C8H9NO3/c1-12-8-4-6(5-9-11)2-3-7(8)10/h2-5,10-11H,1H3/b9-5+. The summed E-state index contributed by atoms with van der Waals surface area (Å²) < 4.78 is 4.84. The fourth-order valence-electron chi connectivity index (χ4n) is 0.841. The van der Waals surface area contributed by atoms with Gasteiger partial charge in [0.15, 0.2) is 11.5 Å². The van der Waals surface area contributed by atoms with Crippen molar-refractivity contribution in [1.82, 2.24) is 0 Å². The van der Waals surface area contributed by atoms with Gasteiger partial charge in [-0.2, -0.15) is 0 Å². The molecular weight excluding hydrogens is 158 g/mol. The van der Waals surface area contributed by atoms with E-state index in [1.165, 1.54) is 19.4 Å². The molecule has 0 amide bonds. The van der Waals surface area contributed by atoms with E-state index in [1.807, 2.05) is 0 Å². The Morgan fingerprint density at radius 3 is 2.83 bits per heavy atom. The third-order valence-electron chi connectivity index (χ3n) is 1.41. The van der Waals surface area contributed by atoms with Gasteiger partial charge in [0.05, 0.1) is 13.3 Å². The Labute approximate surface area is 69.7 Å². The van der Waals surface area contributed by atoms with Gasteiger partial charge in [0.25, 0.3) is 0 Å². The number of benzene rings is 1. The zero-order valence-corrected chi connectivity index (χ0v) is 6.56. The Balaban J connectivity index is 3.05. The number of methoxy groups -OCH3 is 1. The van der Waals surface area contributed by atoms with Crippen LogP contribution in [0.15, 0.2) is 23.4 Å². The summed E-state index contributed by atoms with van der Waals surface area (Å²) in [6.07, 6.45) is 1.25. The van der Waals surface area contributed by atoms with Crippen LogP contribution in [0.4, 0.5) is 0 Å². The third-order valence-corrected chi connectivity index (χ3v) is 1.41. The molecular formula is C8H9NO3. The number of phenolic OH excluding ortho intramolecular Hbond substituents is 1. The molecule has 1 aromatic rings. The molecule has 2 N–H and O–H groups in total. The number of nitrogens with zero attached hydrogens (tertiary/aromatic N) is 1. The number of oxime groups is 1. The fraction of sp³-hybridized carbons (Fsp3) is 0.125. The minimum Gasteiger partial charge on any atom is -0.504 e. The van der Waals surface area contributed by atoms with E-state index in [0.717, 1.165) is 0 Å². The molecule has 0 heterocycles. The van der Waals surface area contributed by atoms with Gasteiger partial charge < -0.3 is 15.1 Å². The molecule has 0 bridgehead atoms. The Morgan fingerprint density at radius 1 is 1.50 bits per heavy atom. The van der Waals surface area contributed by atoms with Crippen molar-refractivity contribution in [1.29, 1.82) is 0 Å². The number of hydrogen-bond acceptors (Lipinski definition) is 4. The van der Waals surface area contributed by atoms with Crippen molar-refractivity contribution in [2.75, 3.05) is 7.11 Å². The van der Waals surface area contributed by atoms with E-state index in [-0.39, 0.29) is 5.75 Å². The van der Waals surface area contributed by atoms with Crippen LogP contribution < -0.4 is 4.74 Å². The molecule has 4 nitrogen and oxygen atoms in total. The minimum atomic E-state index is 0.0626. The maximum absolute atomic E-state index is 9.17. The lowest BCUT2D eigenvalue weighted by atomic mass is 10.2. The van der Waals surface area contributed by atoms with E-state index >= 15 is 0 Å². The van der Waals surface area contributed by atoms with Crippen LogP contribution in [0.3, 0.4) is 0 Å². The van der Waals surface area contributed by atoms with Crippen molar-refractivity contribution in [3.8, 4) is 11.5 Å². The van der Waals surface area contributed by atoms with Gasteiger partial charge in [-0.05, 0) is 18.2 Å². The highest BCUT2D eigenvalue weighted by Gasteiger charge is 2.00. The van der Waals surface area contributed by atoms with Gasteiger partial charge in [0, 0.05) is 5.56 Å². The number of aromatic hydroxyl groups is 1. The fourth-order valence-corrected chi connectivity index (χ4v) is 0.841. The second-order valence-corrected chi connectivity index (χ2v) is 2.18. The van der Waals surface area contributed by atoms with Gasteiger partial charge in [-0.1, -0.05) is 5.16 Å². The summed E-state index contributed by atoms with van der Waals surface area (Å²) in [6, 6.07) is 4.64. The lowest BCUT2D eigenvalue weighted by Crippen LogP contribution is -1.86. The van der Waals surface area contributed by atoms with Gasteiger partial charge in [0.2, 0.25) is 0 Å². The van der Waals surface area contributed by atoms with Crippen LogP contribution in [0.5, 0.6) is 11.5 Å². The van der Waals surface area contributed by atoms with Crippen LogP contribution in [-0.4, -0.2) is 23.6 Å². The highest BCUT2D eigenvalue weighted by atomic mass is 16.5. The molecule has 0 fully saturated rings. The predicted octanol–water partition coefficient (Wildman–Crippen LogP) is 1.21. The molecule has 4 heteroatoms. The van der Waals surface area contributed by atoms with E-state index in [4.69, 9.17) is 9.94 Å². The van der Waals surface area contributed by atoms with Gasteiger partial charge >= 0.3 is 0 Å². The molecule has 0 saturated heterocycles. The summed E-state index contributed by atoms with van der Waals surface area (Å²) in [6.45, 7) is 0. The summed E-state index contributed by atoms with van der Waals surface area (Å²) in [5.41, 5.74) is 0.659. The average Bonchev–Trinajstić information content (AvgIpc) is 2.09. The molecule has 0 unspecified atom stereocenters. The number of phenols is 1. The normalized spacial score (nSPS) is 10.4. The van der Waals surface area contributed by atoms with Crippen molar-refractivity contribution < 1.29 is 15.1 Å². The summed E-state index contributed by atoms with van der Waals surface area (Å²) in [7, 11) is 1.45. The Hall–Kier alpha value is -1.71. The number of hydrogen-bond donors (Lipinski definition) is 2. The molecule has 12 heavy (non-hydrogen) atoms. The number of ether oxygens (including phenoxy) is 1. The predicted molar refractivity (Wildman–Crippen MR) is 44.0 cm³/mol. The molecule has 0 atom stereocenters. The first kappa shape index (κ1) is 8.39. The van der Waals surface area contributed by atoms with Crippen LogP contribution in [0.1, 0.15) is 5.56 Å². The van der Waals surface area contributed by atoms with Gasteiger partial charge in [-0.3, -0.25) is 0 Å². The van der Waals surface area contributed by atoms with Crippen molar-refractivity contribution in [2.24, 2.45) is 5.16 Å². The molecule has 0 aliphatic rings. The van der Waals surface area contributed by atoms with Crippen LogP contribution in [-0.2, 0) is 0 Å². The monoisotopic (exact) mass is 167 g/mol. The maximum atomic E-state index is 9.17. The number of rotatable bonds is 2. The van der Waals surface area contributed by atoms with Crippen LogP contribution in [0.25, 0.3) is 0 Å². The topological polar surface area (TPSA) is 62.0 Å². The Bertz CT molecular complexity index is 296. The molecule has 0 saturated carbocycles. The van der Waals surface area contributed by atoms with Crippen molar-refractivity contribution in [3.63, 3.8) is 0 Å². The smallest absolute Gasteiger partial charge is 0.161 e. The second-order valence-electron chi connectivity index (χ2n) is 2.18. The minimum absolute atomic E-state index is 0.0626. The molecule has 64 valence electrons. The van der Waals surface area contributed by atoms with Crippen molar-refractivity contribution in [2.45, 2.75) is 0 Å². The lowest BCUT2D eigenvalue weighted by Gasteiger charge is -2.02. The van der Waals surface area contributed by atoms with Crippen LogP contribution in [0.2, 0.25) is 0 Å². The van der Waals surface area contributed by atoms with E-state index in [0.29, 0.717) is 11.3 Å². The molecule has 0 aliphatic carbocycles. The molecule has 0 aromatic heterocycles. The summed E-state index contributed by atoms with van der Waals surface area (Å²) in [4.78, 5) is 0. The SMILES string of the molecule is COc1cc(/C=N/O)ccc1O. The van der Waals surface area contributed by atoms with Gasteiger partial charge in [-0.25, -0.2) is 0 Å². The zero-order chi connectivity index (χ0) is 8.97. The average molecular weight is 167 g/mol. The van der Waals surface area contributed by atoms with Gasteiger partial charge in [0.1, 0.15) is 0 Å². The van der Waals surface area contributed by atoms with E-state index in [2.05, 4.69) is 5.16 Å². The zero-order valence-electron chi connectivity index (χ0n) is 6.56. The molecule has 0 radical (unpaired) electrons. The second kappa shape index (κ2) is 3.61. The molecule has 0 spiro atoms. The first-order valence-electron chi connectivity index (χ1n) is 3.32. The Morgan fingerprint density at radius 2 is 2.25 bits per heavy atom. The maximum Gasteiger partial charge on any atom is 0.161 e. The molecule has 1 rings (SSSR count). The van der Waals surface area contributed by atoms with Gasteiger partial charge in [-0.15, -0.1) is 0 Å². The van der Waals surface area contributed by atoms with E-state index in [9.17, 15) is 5.11 Å². The highest BCUT2D eigenvalue weighted by molar-refractivity contribution is 5.80. The Kier molecular flexibility index (Phi) is 2.53.